The molecular weight excluding hydrogens is 356 g/mol. The molecule has 1 rings (SSSR count). The van der Waals surface area contributed by atoms with Crippen molar-refractivity contribution in [2.75, 3.05) is 27.9 Å². The first-order valence-electron chi connectivity index (χ1n) is 8.05. The van der Waals surface area contributed by atoms with Crippen LogP contribution in [0.5, 0.6) is 17.2 Å². The Kier molecular flexibility index (Phi) is 8.64. The molecule has 27 heavy (non-hydrogen) atoms. The first-order chi connectivity index (χ1) is 12.8. The number of methoxy groups -OCH3 is 3. The van der Waals surface area contributed by atoms with E-state index in [-0.39, 0.29) is 6.04 Å². The molecule has 0 heterocycles. The highest BCUT2D eigenvalue weighted by molar-refractivity contribution is 5.96. The Bertz CT molecular complexity index is 689. The normalized spacial score (nSPS) is 10.4. The molecule has 0 fully saturated rings. The van der Waals surface area contributed by atoms with Crippen molar-refractivity contribution in [2.45, 2.75) is 19.9 Å². The number of esters is 1. The van der Waals surface area contributed by atoms with Crippen LogP contribution in [0.15, 0.2) is 18.2 Å². The Balaban J connectivity index is 2.65. The zero-order valence-corrected chi connectivity index (χ0v) is 16.0. The van der Waals surface area contributed by atoms with Crippen LogP contribution < -0.4 is 24.8 Å². The van der Waals surface area contributed by atoms with Gasteiger partial charge in [0.2, 0.25) is 5.75 Å². The van der Waals surface area contributed by atoms with Gasteiger partial charge in [-0.25, -0.2) is 9.59 Å². The van der Waals surface area contributed by atoms with E-state index >= 15 is 0 Å². The summed E-state index contributed by atoms with van der Waals surface area (Å²) in [5.74, 6) is -0.192. The fourth-order valence-corrected chi connectivity index (χ4v) is 2.01. The summed E-state index contributed by atoms with van der Waals surface area (Å²) in [6.07, 6.45) is 2.61. The zero-order valence-electron chi connectivity index (χ0n) is 16.0. The van der Waals surface area contributed by atoms with E-state index in [4.69, 9.17) is 18.9 Å². The number of amides is 3. The molecule has 2 N–H and O–H groups in total. The van der Waals surface area contributed by atoms with Crippen LogP contribution in [0.25, 0.3) is 6.08 Å². The predicted molar refractivity (Wildman–Crippen MR) is 97.9 cm³/mol. The molecule has 0 unspecified atom stereocenters. The lowest BCUT2D eigenvalue weighted by Crippen LogP contribution is -2.43. The van der Waals surface area contributed by atoms with Crippen molar-refractivity contribution in [3.05, 3.63) is 23.8 Å². The number of ether oxygens (including phenoxy) is 4. The van der Waals surface area contributed by atoms with E-state index in [0.29, 0.717) is 22.8 Å². The van der Waals surface area contributed by atoms with Crippen molar-refractivity contribution in [3.63, 3.8) is 0 Å². The topological polar surface area (TPSA) is 112 Å². The first-order valence-corrected chi connectivity index (χ1v) is 8.05. The Morgan fingerprint density at radius 1 is 1.04 bits per heavy atom. The van der Waals surface area contributed by atoms with E-state index in [2.05, 4.69) is 5.32 Å². The molecule has 3 amide bonds. The van der Waals surface area contributed by atoms with E-state index in [9.17, 15) is 14.4 Å². The highest BCUT2D eigenvalue weighted by Crippen LogP contribution is 2.38. The van der Waals surface area contributed by atoms with Crippen LogP contribution in [-0.4, -0.2) is 51.9 Å². The van der Waals surface area contributed by atoms with Gasteiger partial charge in [-0.15, -0.1) is 0 Å². The molecule has 0 saturated carbocycles. The lowest BCUT2D eigenvalue weighted by Gasteiger charge is -2.12. The zero-order chi connectivity index (χ0) is 20.4. The minimum absolute atomic E-state index is 0.123. The number of nitrogens with one attached hydrogen (secondary N) is 2. The van der Waals surface area contributed by atoms with Crippen molar-refractivity contribution < 1.29 is 33.3 Å². The second-order valence-corrected chi connectivity index (χ2v) is 5.58. The summed E-state index contributed by atoms with van der Waals surface area (Å²) in [6, 6.07) is 2.52. The molecule has 0 aromatic heterocycles. The number of rotatable bonds is 8. The highest BCUT2D eigenvalue weighted by Gasteiger charge is 2.13. The maximum Gasteiger partial charge on any atom is 0.331 e. The third-order valence-corrected chi connectivity index (χ3v) is 3.12. The summed E-state index contributed by atoms with van der Waals surface area (Å²) in [5.41, 5.74) is 0.599. The summed E-state index contributed by atoms with van der Waals surface area (Å²) in [7, 11) is 4.44. The van der Waals surface area contributed by atoms with Crippen molar-refractivity contribution in [3.8, 4) is 17.2 Å². The predicted octanol–water partition coefficient (Wildman–Crippen LogP) is 1.50. The van der Waals surface area contributed by atoms with Gasteiger partial charge in [-0.2, -0.15) is 0 Å². The minimum atomic E-state index is -0.747. The average Bonchev–Trinajstić information content (AvgIpc) is 2.62. The molecule has 148 valence electrons. The van der Waals surface area contributed by atoms with Gasteiger partial charge < -0.3 is 24.3 Å². The smallest absolute Gasteiger partial charge is 0.331 e. The van der Waals surface area contributed by atoms with Crippen molar-refractivity contribution in [2.24, 2.45) is 0 Å². The molecule has 0 aliphatic heterocycles. The lowest BCUT2D eigenvalue weighted by atomic mass is 10.1. The summed E-state index contributed by atoms with van der Waals surface area (Å²) < 4.78 is 20.4. The molecule has 1 aromatic carbocycles. The Morgan fingerprint density at radius 3 is 2.11 bits per heavy atom. The van der Waals surface area contributed by atoms with Crippen LogP contribution in [-0.2, 0) is 14.3 Å². The van der Waals surface area contributed by atoms with E-state index in [0.717, 1.165) is 6.08 Å². The summed E-state index contributed by atoms with van der Waals surface area (Å²) in [5, 5.41) is 4.53. The van der Waals surface area contributed by atoms with Gasteiger partial charge in [0.05, 0.1) is 21.3 Å². The number of benzene rings is 1. The van der Waals surface area contributed by atoms with Gasteiger partial charge in [-0.1, -0.05) is 0 Å². The molecule has 0 aliphatic carbocycles. The Hall–Kier alpha value is -3.23. The fraction of sp³-hybridized carbons (Fsp3) is 0.389. The Labute approximate surface area is 157 Å². The van der Waals surface area contributed by atoms with Crippen LogP contribution in [0.1, 0.15) is 19.4 Å². The number of imide groups is 1. The molecular formula is C18H24N2O7. The lowest BCUT2D eigenvalue weighted by molar-refractivity contribution is -0.143. The van der Waals surface area contributed by atoms with Crippen molar-refractivity contribution >= 4 is 24.0 Å². The molecule has 9 nitrogen and oxygen atoms in total. The van der Waals surface area contributed by atoms with Gasteiger partial charge in [0.15, 0.2) is 18.1 Å². The molecule has 0 saturated heterocycles. The summed E-state index contributed by atoms with van der Waals surface area (Å²) in [4.78, 5) is 34.6. The van der Waals surface area contributed by atoms with Crippen molar-refractivity contribution in [1.82, 2.24) is 10.6 Å². The number of hydrogen-bond donors (Lipinski definition) is 2. The monoisotopic (exact) mass is 380 g/mol. The van der Waals surface area contributed by atoms with Crippen molar-refractivity contribution in [1.29, 1.82) is 0 Å². The molecule has 1 aromatic rings. The molecule has 0 aliphatic rings. The Morgan fingerprint density at radius 2 is 1.63 bits per heavy atom. The standard InChI is InChI=1S/C18H24N2O7/c1-11(2)19-18(23)20-15(21)10-27-16(22)7-6-12-8-13(24-3)17(26-5)14(9-12)25-4/h6-9,11H,10H2,1-5H3,(H2,19,20,21,23)/b7-6+. The maximum absolute atomic E-state index is 11.7. The number of hydrogen-bond acceptors (Lipinski definition) is 7. The van der Waals surface area contributed by atoms with Gasteiger partial charge >= 0.3 is 12.0 Å². The quantitative estimate of drug-likeness (QED) is 0.519. The van der Waals surface area contributed by atoms with E-state index in [1.165, 1.54) is 27.4 Å². The van der Waals surface area contributed by atoms with Crippen LogP contribution >= 0.6 is 0 Å². The largest absolute Gasteiger partial charge is 0.493 e. The molecule has 9 heteroatoms. The first kappa shape index (κ1) is 21.8. The van der Waals surface area contributed by atoms with Crippen LogP contribution in [0.4, 0.5) is 4.79 Å². The second kappa shape index (κ2) is 10.7. The summed E-state index contributed by atoms with van der Waals surface area (Å²) >= 11 is 0. The second-order valence-electron chi connectivity index (χ2n) is 5.58. The SMILES string of the molecule is COc1cc(/C=C/C(=O)OCC(=O)NC(=O)NC(C)C)cc(OC)c1OC. The third-order valence-electron chi connectivity index (χ3n) is 3.12. The van der Waals surface area contributed by atoms with Gasteiger partial charge in [0.1, 0.15) is 0 Å². The minimum Gasteiger partial charge on any atom is -0.493 e. The van der Waals surface area contributed by atoms with E-state index in [1.54, 1.807) is 26.0 Å². The number of carbonyl (C=O) groups excluding carboxylic acids is 3. The van der Waals surface area contributed by atoms with Crippen LogP contribution in [0, 0.1) is 0 Å². The van der Waals surface area contributed by atoms with E-state index in [1.807, 2.05) is 5.32 Å². The molecule has 0 radical (unpaired) electrons. The fourth-order valence-electron chi connectivity index (χ4n) is 2.01. The molecule has 0 spiro atoms. The average molecular weight is 380 g/mol. The van der Waals surface area contributed by atoms with Gasteiger partial charge in [-0.3, -0.25) is 10.1 Å². The summed E-state index contributed by atoms with van der Waals surface area (Å²) in [6.45, 7) is 2.92. The third kappa shape index (κ3) is 7.27. The number of urea groups is 1. The van der Waals surface area contributed by atoms with Gasteiger partial charge in [0, 0.05) is 12.1 Å². The number of carbonyl (C=O) groups is 3. The highest BCUT2D eigenvalue weighted by atomic mass is 16.5. The molecule has 0 bridgehead atoms. The van der Waals surface area contributed by atoms with Gasteiger partial charge in [-0.05, 0) is 37.6 Å². The molecule has 0 atom stereocenters. The van der Waals surface area contributed by atoms with E-state index < -0.39 is 24.5 Å². The van der Waals surface area contributed by atoms with Crippen LogP contribution in [0.3, 0.4) is 0 Å². The maximum atomic E-state index is 11.7. The van der Waals surface area contributed by atoms with Crippen LogP contribution in [0.2, 0.25) is 0 Å². The van der Waals surface area contributed by atoms with Gasteiger partial charge in [0.25, 0.3) is 5.91 Å².